The fraction of sp³-hybridized carbons (Fsp3) is 1.00. The maximum absolute atomic E-state index is 9.26. The van der Waals surface area contributed by atoms with Crippen molar-refractivity contribution in [3.63, 3.8) is 0 Å². The molecule has 46 valence electrons. The third kappa shape index (κ3) is 10.3. The Bertz CT molecular complexity index is 80.0. The molecule has 0 rings (SSSR count). The van der Waals surface area contributed by atoms with E-state index in [1.165, 1.54) is 27.9 Å². The van der Waals surface area contributed by atoms with Crippen molar-refractivity contribution < 1.29 is 17.5 Å². The van der Waals surface area contributed by atoms with E-state index in [1.807, 2.05) is 0 Å². The standard InChI is InChI=1S/CH3.Na.H2O4S2/c;;1-5(2)6(3)4/h1H3;;(H,1,2)(H,3,4). The van der Waals surface area contributed by atoms with E-state index in [2.05, 4.69) is 4.17 Å². The molecule has 0 fully saturated rings. The van der Waals surface area contributed by atoms with Gasteiger partial charge in [-0.05, 0) is 0 Å². The predicted octanol–water partition coefficient (Wildman–Crippen LogP) is -0.452. The van der Waals surface area contributed by atoms with Crippen molar-refractivity contribution in [1.29, 1.82) is 0 Å². The van der Waals surface area contributed by atoms with Crippen molar-refractivity contribution in [1.82, 2.24) is 0 Å². The van der Waals surface area contributed by atoms with Crippen LogP contribution in [-0.2, 0) is 20.2 Å². The van der Waals surface area contributed by atoms with Crippen LogP contribution in [0.2, 0.25) is 4.17 Å². The average molecular weight is 168 g/mol. The fourth-order valence-corrected chi connectivity index (χ4v) is 0. The van der Waals surface area contributed by atoms with Gasteiger partial charge in [-0.15, -0.1) is 0 Å². The van der Waals surface area contributed by atoms with Crippen LogP contribution in [0, 0.1) is 0 Å². The van der Waals surface area contributed by atoms with Gasteiger partial charge in [0.2, 0.25) is 0 Å². The van der Waals surface area contributed by atoms with Crippen LogP contribution in [-0.4, -0.2) is 45.5 Å². The number of hydrogen-bond acceptors (Lipinski definition) is 2. The van der Waals surface area contributed by atoms with Crippen molar-refractivity contribution in [2.75, 3.05) is 0 Å². The molecule has 2 atom stereocenters. The van der Waals surface area contributed by atoms with E-state index in [1.54, 1.807) is 0 Å². The van der Waals surface area contributed by atoms with Crippen LogP contribution in [0.1, 0.15) is 0 Å². The normalized spacial score (nSPS) is 15.6. The van der Waals surface area contributed by atoms with E-state index < -0.39 is 20.2 Å². The van der Waals surface area contributed by atoms with Crippen molar-refractivity contribution in [2.24, 2.45) is 0 Å². The zero-order valence-electron chi connectivity index (χ0n) is 4.53. The summed E-state index contributed by atoms with van der Waals surface area (Å²) in [5.41, 5.74) is 0. The summed E-state index contributed by atoms with van der Waals surface area (Å²) in [6, 6.07) is 0. The SMILES string of the molecule is O=S(O)S(=O)O.[CH3][Na]. The van der Waals surface area contributed by atoms with Crippen molar-refractivity contribution in [2.45, 2.75) is 4.17 Å². The van der Waals surface area contributed by atoms with Gasteiger partial charge in [0.15, 0.2) is 0 Å². The van der Waals surface area contributed by atoms with Gasteiger partial charge in [-0.2, -0.15) is 0 Å². The number of hydrogen-bond donors (Lipinski definition) is 2. The molecule has 0 amide bonds. The Labute approximate surface area is 69.4 Å². The third-order valence-corrected chi connectivity index (χ3v) is 1.10. The van der Waals surface area contributed by atoms with E-state index in [0.717, 1.165) is 0 Å². The summed E-state index contributed by atoms with van der Waals surface area (Å²) >= 11 is 1.31. The molecule has 0 bridgehead atoms. The first-order valence-electron chi connectivity index (χ1n) is 1.87. The molecule has 0 heterocycles. The van der Waals surface area contributed by atoms with Crippen molar-refractivity contribution in [3.05, 3.63) is 0 Å². The van der Waals surface area contributed by atoms with Crippen LogP contribution in [0.4, 0.5) is 0 Å². The second-order valence-electron chi connectivity index (χ2n) is 0.434. The summed E-state index contributed by atoms with van der Waals surface area (Å²) in [6.45, 7) is 0. The van der Waals surface area contributed by atoms with E-state index in [4.69, 9.17) is 9.11 Å². The van der Waals surface area contributed by atoms with E-state index in [-0.39, 0.29) is 0 Å². The molecule has 0 aromatic carbocycles. The summed E-state index contributed by atoms with van der Waals surface area (Å²) in [5.74, 6) is 0. The number of rotatable bonds is 1. The predicted molar refractivity (Wildman–Crippen MR) is 33.2 cm³/mol. The molecule has 0 aliphatic heterocycles. The molecule has 0 spiro atoms. The fourth-order valence-electron chi connectivity index (χ4n) is 0. The van der Waals surface area contributed by atoms with Crippen LogP contribution in [0.3, 0.4) is 0 Å². The maximum atomic E-state index is 9.26. The first-order chi connectivity index (χ1) is 3.64. The molecule has 0 saturated carbocycles. The zero-order chi connectivity index (χ0) is 7.15. The van der Waals surface area contributed by atoms with Gasteiger partial charge in [0, 0.05) is 0 Å². The monoisotopic (exact) mass is 168 g/mol. The van der Waals surface area contributed by atoms with Crippen LogP contribution in [0.25, 0.3) is 0 Å². The Kier molecular flexibility index (Phi) is 12.3. The van der Waals surface area contributed by atoms with Gasteiger partial charge in [-0.1, -0.05) is 0 Å². The van der Waals surface area contributed by atoms with E-state index in [0.29, 0.717) is 0 Å². The Morgan fingerprint density at radius 2 is 1.25 bits per heavy atom. The van der Waals surface area contributed by atoms with Gasteiger partial charge >= 0.3 is 32.1 Å². The van der Waals surface area contributed by atoms with Crippen molar-refractivity contribution >= 4 is 48.2 Å². The molecule has 0 saturated heterocycles. The van der Waals surface area contributed by atoms with Gasteiger partial charge in [-0.3, -0.25) is 9.11 Å². The molecule has 8 heavy (non-hydrogen) atoms. The minimum atomic E-state index is -2.59. The van der Waals surface area contributed by atoms with Gasteiger partial charge in [0.25, 0.3) is 20.2 Å². The molecule has 4 nitrogen and oxygen atoms in total. The molecule has 0 aliphatic rings. The minimum absolute atomic E-state index is 1.31. The molecule has 0 aromatic rings. The Hall–Kier alpha value is 1.22. The summed E-state index contributed by atoms with van der Waals surface area (Å²) in [7, 11) is -5.18. The Morgan fingerprint density at radius 3 is 1.25 bits per heavy atom. The van der Waals surface area contributed by atoms with E-state index in [9.17, 15) is 8.42 Å². The Balaban J connectivity index is 0. The molecular formula is CH5NaO4S2. The molecule has 0 aliphatic carbocycles. The zero-order valence-corrected chi connectivity index (χ0v) is 8.16. The molecular weight excluding hydrogens is 163 g/mol. The third-order valence-electron chi connectivity index (χ3n) is 0.122. The summed E-state index contributed by atoms with van der Waals surface area (Å²) in [4.78, 5) is 0. The van der Waals surface area contributed by atoms with Gasteiger partial charge in [0.05, 0.1) is 0 Å². The van der Waals surface area contributed by atoms with Crippen LogP contribution in [0.15, 0.2) is 0 Å². The molecule has 2 N–H and O–H groups in total. The first kappa shape index (κ1) is 12.0. The summed E-state index contributed by atoms with van der Waals surface area (Å²) in [6.07, 6.45) is 0. The second-order valence-corrected chi connectivity index (χ2v) is 3.01. The Morgan fingerprint density at radius 1 is 1.12 bits per heavy atom. The molecule has 2 unspecified atom stereocenters. The van der Waals surface area contributed by atoms with Crippen LogP contribution < -0.4 is 0 Å². The van der Waals surface area contributed by atoms with Crippen LogP contribution in [0.5, 0.6) is 0 Å². The molecule has 0 aromatic heterocycles. The second kappa shape index (κ2) is 8.22. The topological polar surface area (TPSA) is 74.6 Å². The summed E-state index contributed by atoms with van der Waals surface area (Å²) < 4.78 is 35.8. The average Bonchev–Trinajstić information content (AvgIpc) is 1.72. The molecule has 7 heteroatoms. The van der Waals surface area contributed by atoms with Gasteiger partial charge in [0.1, 0.15) is 0 Å². The quantitative estimate of drug-likeness (QED) is 0.316. The van der Waals surface area contributed by atoms with Crippen molar-refractivity contribution in [3.8, 4) is 0 Å². The van der Waals surface area contributed by atoms with Gasteiger partial charge in [-0.25, -0.2) is 8.42 Å². The van der Waals surface area contributed by atoms with E-state index >= 15 is 0 Å². The first-order valence-corrected chi connectivity index (χ1v) is 6.60. The molecule has 0 radical (unpaired) electrons. The van der Waals surface area contributed by atoms with Crippen LogP contribution >= 0.6 is 0 Å². The van der Waals surface area contributed by atoms with Gasteiger partial charge < -0.3 is 0 Å². The summed E-state index contributed by atoms with van der Waals surface area (Å²) in [5, 5.41) is 0.